The van der Waals surface area contributed by atoms with E-state index in [9.17, 15) is 0 Å². The summed E-state index contributed by atoms with van der Waals surface area (Å²) in [5.41, 5.74) is 8.01. The van der Waals surface area contributed by atoms with Gasteiger partial charge in [0.2, 0.25) is 0 Å². The fourth-order valence-electron chi connectivity index (χ4n) is 2.67. The number of benzene rings is 1. The van der Waals surface area contributed by atoms with Gasteiger partial charge >= 0.3 is 0 Å². The van der Waals surface area contributed by atoms with Crippen LogP contribution in [0, 0.1) is 0 Å². The summed E-state index contributed by atoms with van der Waals surface area (Å²) in [5.74, 6) is 1.07. The van der Waals surface area contributed by atoms with E-state index in [0.717, 1.165) is 37.0 Å². The molecule has 1 fully saturated rings. The minimum atomic E-state index is 0.765. The lowest BCUT2D eigenvalue weighted by Gasteiger charge is -2.20. The summed E-state index contributed by atoms with van der Waals surface area (Å²) in [5, 5.41) is 0. The molecule has 0 unspecified atom stereocenters. The maximum absolute atomic E-state index is 5.82. The van der Waals surface area contributed by atoms with Crippen molar-refractivity contribution in [3.8, 4) is 0 Å². The molecule has 0 saturated heterocycles. The summed E-state index contributed by atoms with van der Waals surface area (Å²) in [6.45, 7) is 2.06. The zero-order chi connectivity index (χ0) is 13.8. The molecule has 3 nitrogen and oxygen atoms in total. The highest BCUT2D eigenvalue weighted by Gasteiger charge is 2.28. The number of nitrogens with zero attached hydrogens (tertiary/aromatic N) is 1. The summed E-state index contributed by atoms with van der Waals surface area (Å²) in [4.78, 5) is 2.55. The predicted octanol–water partition coefficient (Wildman–Crippen LogP) is 3.46. The average Bonchev–Trinajstić information content (AvgIpc) is 3.16. The van der Waals surface area contributed by atoms with Gasteiger partial charge in [0.25, 0.3) is 0 Å². The van der Waals surface area contributed by atoms with Crippen molar-refractivity contribution in [2.45, 2.75) is 38.3 Å². The first-order chi connectivity index (χ1) is 9.81. The Morgan fingerprint density at radius 3 is 2.80 bits per heavy atom. The van der Waals surface area contributed by atoms with Crippen LogP contribution >= 0.6 is 0 Å². The topological polar surface area (TPSA) is 42.4 Å². The van der Waals surface area contributed by atoms with E-state index < -0.39 is 0 Å². The van der Waals surface area contributed by atoms with E-state index in [1.807, 2.05) is 18.2 Å². The van der Waals surface area contributed by atoms with Crippen LogP contribution in [0.15, 0.2) is 47.1 Å². The molecule has 1 aliphatic rings. The van der Waals surface area contributed by atoms with Crippen molar-refractivity contribution in [2.75, 3.05) is 12.3 Å². The second-order valence-electron chi connectivity index (χ2n) is 5.63. The molecule has 2 aromatic rings. The van der Waals surface area contributed by atoms with E-state index in [1.165, 1.54) is 24.8 Å². The predicted molar refractivity (Wildman–Crippen MR) is 81.3 cm³/mol. The molecule has 0 radical (unpaired) electrons. The maximum atomic E-state index is 5.82. The van der Waals surface area contributed by atoms with Crippen molar-refractivity contribution in [1.82, 2.24) is 4.90 Å². The standard InChI is InChI=1S/C17H22N2O/c18-15-6-1-4-14(12-15)5-2-10-19(16-8-9-16)13-17-7-3-11-20-17/h1,3-4,6-7,11-12,16H,2,5,8-10,13,18H2. The number of nitrogen functional groups attached to an aromatic ring is 1. The highest BCUT2D eigenvalue weighted by molar-refractivity contribution is 5.40. The minimum absolute atomic E-state index is 0.765. The second kappa shape index (κ2) is 6.14. The van der Waals surface area contributed by atoms with Crippen LogP contribution in [-0.2, 0) is 13.0 Å². The molecule has 0 spiro atoms. The van der Waals surface area contributed by atoms with Gasteiger partial charge in [0.15, 0.2) is 0 Å². The zero-order valence-electron chi connectivity index (χ0n) is 11.8. The lowest BCUT2D eigenvalue weighted by molar-refractivity contribution is 0.231. The molecule has 3 heteroatoms. The van der Waals surface area contributed by atoms with Gasteiger partial charge in [0.05, 0.1) is 12.8 Å². The summed E-state index contributed by atoms with van der Waals surface area (Å²) < 4.78 is 5.46. The zero-order valence-corrected chi connectivity index (χ0v) is 11.8. The Labute approximate surface area is 120 Å². The Balaban J connectivity index is 1.50. The van der Waals surface area contributed by atoms with Crippen LogP contribution in [0.4, 0.5) is 5.69 Å². The first-order valence-corrected chi connectivity index (χ1v) is 7.42. The second-order valence-corrected chi connectivity index (χ2v) is 5.63. The molecule has 0 atom stereocenters. The largest absolute Gasteiger partial charge is 0.468 e. The van der Waals surface area contributed by atoms with Crippen molar-refractivity contribution < 1.29 is 4.42 Å². The molecule has 1 saturated carbocycles. The van der Waals surface area contributed by atoms with Crippen LogP contribution < -0.4 is 5.73 Å². The third kappa shape index (κ3) is 3.64. The summed E-state index contributed by atoms with van der Waals surface area (Å²) in [6, 6.07) is 13.0. The highest BCUT2D eigenvalue weighted by atomic mass is 16.3. The number of hydrogen-bond donors (Lipinski definition) is 1. The SMILES string of the molecule is Nc1cccc(CCCN(Cc2ccco2)C2CC2)c1. The van der Waals surface area contributed by atoms with Crippen molar-refractivity contribution >= 4 is 5.69 Å². The van der Waals surface area contributed by atoms with Crippen LogP contribution in [0.3, 0.4) is 0 Å². The van der Waals surface area contributed by atoms with Gasteiger partial charge in [0.1, 0.15) is 5.76 Å². The molecule has 1 heterocycles. The molecule has 3 rings (SSSR count). The van der Waals surface area contributed by atoms with Gasteiger partial charge in [0, 0.05) is 11.7 Å². The van der Waals surface area contributed by atoms with Gasteiger partial charge in [-0.15, -0.1) is 0 Å². The van der Waals surface area contributed by atoms with Crippen molar-refractivity contribution in [3.63, 3.8) is 0 Å². The van der Waals surface area contributed by atoms with Crippen LogP contribution in [0.25, 0.3) is 0 Å². The monoisotopic (exact) mass is 270 g/mol. The van der Waals surface area contributed by atoms with Gasteiger partial charge in [-0.2, -0.15) is 0 Å². The minimum Gasteiger partial charge on any atom is -0.468 e. The third-order valence-electron chi connectivity index (χ3n) is 3.86. The lowest BCUT2D eigenvalue weighted by Crippen LogP contribution is -2.26. The first kappa shape index (κ1) is 13.3. The Morgan fingerprint density at radius 2 is 2.10 bits per heavy atom. The lowest BCUT2D eigenvalue weighted by atomic mass is 10.1. The Hall–Kier alpha value is -1.74. The van der Waals surface area contributed by atoms with Gasteiger partial charge in [-0.1, -0.05) is 12.1 Å². The van der Waals surface area contributed by atoms with Gasteiger partial charge in [-0.3, -0.25) is 4.90 Å². The van der Waals surface area contributed by atoms with Crippen molar-refractivity contribution in [2.24, 2.45) is 0 Å². The summed E-state index contributed by atoms with van der Waals surface area (Å²) >= 11 is 0. The third-order valence-corrected chi connectivity index (χ3v) is 3.86. The van der Waals surface area contributed by atoms with E-state index in [4.69, 9.17) is 10.2 Å². The van der Waals surface area contributed by atoms with E-state index in [0.29, 0.717) is 0 Å². The van der Waals surface area contributed by atoms with Crippen molar-refractivity contribution in [3.05, 3.63) is 54.0 Å². The van der Waals surface area contributed by atoms with Gasteiger partial charge in [-0.05, 0) is 62.1 Å². The molecule has 0 aliphatic heterocycles. The van der Waals surface area contributed by atoms with E-state index in [1.54, 1.807) is 6.26 Å². The Kier molecular flexibility index (Phi) is 4.07. The van der Waals surface area contributed by atoms with Gasteiger partial charge < -0.3 is 10.2 Å². The number of hydrogen-bond acceptors (Lipinski definition) is 3. The fraction of sp³-hybridized carbons (Fsp3) is 0.412. The number of rotatable bonds is 7. The number of furan rings is 1. The first-order valence-electron chi connectivity index (χ1n) is 7.42. The maximum Gasteiger partial charge on any atom is 0.117 e. The normalized spacial score (nSPS) is 14.8. The summed E-state index contributed by atoms with van der Waals surface area (Å²) in [7, 11) is 0. The molecular formula is C17H22N2O. The Bertz CT molecular complexity index is 532. The molecule has 20 heavy (non-hydrogen) atoms. The molecule has 0 amide bonds. The van der Waals surface area contributed by atoms with Crippen LogP contribution in [-0.4, -0.2) is 17.5 Å². The molecular weight excluding hydrogens is 248 g/mol. The molecule has 1 aliphatic carbocycles. The molecule has 0 bridgehead atoms. The fourth-order valence-corrected chi connectivity index (χ4v) is 2.67. The summed E-state index contributed by atoms with van der Waals surface area (Å²) in [6.07, 6.45) is 6.68. The highest BCUT2D eigenvalue weighted by Crippen LogP contribution is 2.28. The Morgan fingerprint density at radius 1 is 1.20 bits per heavy atom. The van der Waals surface area contributed by atoms with E-state index >= 15 is 0 Å². The average molecular weight is 270 g/mol. The molecule has 106 valence electrons. The van der Waals surface area contributed by atoms with Gasteiger partial charge in [-0.25, -0.2) is 0 Å². The van der Waals surface area contributed by atoms with E-state index in [2.05, 4.69) is 23.1 Å². The van der Waals surface area contributed by atoms with E-state index in [-0.39, 0.29) is 0 Å². The molecule has 1 aromatic carbocycles. The smallest absolute Gasteiger partial charge is 0.117 e. The van der Waals surface area contributed by atoms with Crippen LogP contribution in [0.5, 0.6) is 0 Å². The molecule has 2 N–H and O–H groups in total. The number of anilines is 1. The van der Waals surface area contributed by atoms with Crippen molar-refractivity contribution in [1.29, 1.82) is 0 Å². The molecule has 1 aromatic heterocycles. The van der Waals surface area contributed by atoms with Crippen LogP contribution in [0.1, 0.15) is 30.6 Å². The van der Waals surface area contributed by atoms with Crippen LogP contribution in [0.2, 0.25) is 0 Å². The number of nitrogens with two attached hydrogens (primary N) is 1. The number of aryl methyl sites for hydroxylation is 1. The quantitative estimate of drug-likeness (QED) is 0.783.